The van der Waals surface area contributed by atoms with Gasteiger partial charge in [0.15, 0.2) is 0 Å². The Kier molecular flexibility index (Phi) is 6.89. The smallest absolute Gasteiger partial charge is 0.417 e. The molecule has 1 aliphatic heterocycles. The first-order chi connectivity index (χ1) is 13.9. The SMILES string of the molecule is CC(C)c1cc(I)ccc1NC(=O)[C@H]1CCC(=O)N1C(=O)OCc1ccccc1. The number of ether oxygens (including phenoxy) is 1. The van der Waals surface area contributed by atoms with Crippen LogP contribution in [0.1, 0.15) is 43.7 Å². The van der Waals surface area contributed by atoms with E-state index < -0.39 is 18.0 Å². The molecule has 1 atom stereocenters. The zero-order valence-electron chi connectivity index (χ0n) is 16.4. The van der Waals surface area contributed by atoms with Crippen LogP contribution in [-0.4, -0.2) is 28.8 Å². The molecule has 2 aromatic rings. The average molecular weight is 506 g/mol. The zero-order valence-corrected chi connectivity index (χ0v) is 18.5. The molecule has 152 valence electrons. The number of imide groups is 1. The van der Waals surface area contributed by atoms with Gasteiger partial charge in [-0.2, -0.15) is 0 Å². The van der Waals surface area contributed by atoms with Gasteiger partial charge in [0.05, 0.1) is 0 Å². The van der Waals surface area contributed by atoms with Gasteiger partial charge in [0.2, 0.25) is 11.8 Å². The van der Waals surface area contributed by atoms with Crippen LogP contribution >= 0.6 is 22.6 Å². The van der Waals surface area contributed by atoms with Crippen LogP contribution in [0, 0.1) is 3.57 Å². The minimum Gasteiger partial charge on any atom is -0.444 e. The number of likely N-dealkylation sites (tertiary alicyclic amines) is 1. The predicted octanol–water partition coefficient (Wildman–Crippen LogP) is 4.68. The summed E-state index contributed by atoms with van der Waals surface area (Å²) in [7, 11) is 0. The van der Waals surface area contributed by atoms with Gasteiger partial charge in [0.1, 0.15) is 12.6 Å². The van der Waals surface area contributed by atoms with E-state index in [0.717, 1.165) is 19.6 Å². The lowest BCUT2D eigenvalue weighted by Crippen LogP contribution is -2.45. The number of benzene rings is 2. The number of carbonyl (C=O) groups is 3. The summed E-state index contributed by atoms with van der Waals surface area (Å²) in [6.45, 7) is 4.15. The zero-order chi connectivity index (χ0) is 21.0. The quantitative estimate of drug-likeness (QED) is 0.598. The normalized spacial score (nSPS) is 16.2. The van der Waals surface area contributed by atoms with E-state index in [1.165, 1.54) is 0 Å². The van der Waals surface area contributed by atoms with Crippen molar-refractivity contribution in [3.05, 3.63) is 63.2 Å². The molecular formula is C22H23IN2O4. The summed E-state index contributed by atoms with van der Waals surface area (Å²) in [5.74, 6) is -0.553. The topological polar surface area (TPSA) is 75.7 Å². The molecule has 1 N–H and O–H groups in total. The summed E-state index contributed by atoms with van der Waals surface area (Å²) in [5.41, 5.74) is 2.52. The van der Waals surface area contributed by atoms with Crippen LogP contribution in [0.25, 0.3) is 0 Å². The molecule has 0 radical (unpaired) electrons. The van der Waals surface area contributed by atoms with Crippen molar-refractivity contribution in [3.8, 4) is 0 Å². The number of nitrogens with zero attached hydrogens (tertiary/aromatic N) is 1. The van der Waals surface area contributed by atoms with Gasteiger partial charge in [-0.15, -0.1) is 0 Å². The molecular weight excluding hydrogens is 483 g/mol. The van der Waals surface area contributed by atoms with Crippen molar-refractivity contribution in [2.45, 2.75) is 45.3 Å². The molecule has 2 aromatic carbocycles. The Morgan fingerprint density at radius 1 is 1.21 bits per heavy atom. The lowest BCUT2D eigenvalue weighted by Gasteiger charge is -2.23. The number of hydrogen-bond donors (Lipinski definition) is 1. The van der Waals surface area contributed by atoms with E-state index in [1.54, 1.807) is 0 Å². The highest BCUT2D eigenvalue weighted by Crippen LogP contribution is 2.28. The van der Waals surface area contributed by atoms with Gasteiger partial charge >= 0.3 is 6.09 Å². The van der Waals surface area contributed by atoms with Crippen molar-refractivity contribution in [2.24, 2.45) is 0 Å². The van der Waals surface area contributed by atoms with Gasteiger partial charge in [-0.25, -0.2) is 9.69 Å². The molecule has 29 heavy (non-hydrogen) atoms. The molecule has 3 rings (SSSR count). The summed E-state index contributed by atoms with van der Waals surface area (Å²) in [6.07, 6.45) is -0.363. The molecule has 0 bridgehead atoms. The van der Waals surface area contributed by atoms with Crippen molar-refractivity contribution in [1.82, 2.24) is 4.90 Å². The molecule has 0 aliphatic carbocycles. The number of nitrogens with one attached hydrogen (secondary N) is 1. The van der Waals surface area contributed by atoms with E-state index in [4.69, 9.17) is 4.74 Å². The van der Waals surface area contributed by atoms with E-state index in [1.807, 2.05) is 62.4 Å². The highest BCUT2D eigenvalue weighted by molar-refractivity contribution is 14.1. The molecule has 0 unspecified atom stereocenters. The second-order valence-electron chi connectivity index (χ2n) is 7.23. The lowest BCUT2D eigenvalue weighted by molar-refractivity contribution is -0.131. The molecule has 1 aliphatic rings. The Bertz CT molecular complexity index is 914. The summed E-state index contributed by atoms with van der Waals surface area (Å²) >= 11 is 2.23. The summed E-state index contributed by atoms with van der Waals surface area (Å²) in [4.78, 5) is 38.6. The van der Waals surface area contributed by atoms with Crippen LogP contribution in [0.3, 0.4) is 0 Å². The Balaban J connectivity index is 1.71. The maximum Gasteiger partial charge on any atom is 0.417 e. The maximum absolute atomic E-state index is 12.9. The number of amides is 3. The molecule has 0 aromatic heterocycles. The molecule has 1 fully saturated rings. The molecule has 7 heteroatoms. The largest absolute Gasteiger partial charge is 0.444 e. The van der Waals surface area contributed by atoms with E-state index >= 15 is 0 Å². The molecule has 1 saturated heterocycles. The van der Waals surface area contributed by atoms with Crippen molar-refractivity contribution < 1.29 is 19.1 Å². The average Bonchev–Trinajstić information content (AvgIpc) is 3.09. The second-order valence-corrected chi connectivity index (χ2v) is 8.48. The van der Waals surface area contributed by atoms with Gasteiger partial charge in [-0.3, -0.25) is 9.59 Å². The Hall–Kier alpha value is -2.42. The maximum atomic E-state index is 12.9. The summed E-state index contributed by atoms with van der Waals surface area (Å²) < 4.78 is 6.35. The van der Waals surface area contributed by atoms with Gasteiger partial charge in [0.25, 0.3) is 0 Å². The molecule has 1 heterocycles. The number of rotatable bonds is 5. The molecule has 0 saturated carbocycles. The fourth-order valence-electron chi connectivity index (χ4n) is 3.29. The third kappa shape index (κ3) is 5.14. The summed E-state index contributed by atoms with van der Waals surface area (Å²) in [5, 5.41) is 2.90. The Morgan fingerprint density at radius 3 is 2.62 bits per heavy atom. The van der Waals surface area contributed by atoms with Crippen molar-refractivity contribution in [3.63, 3.8) is 0 Å². The highest BCUT2D eigenvalue weighted by atomic mass is 127. The van der Waals surface area contributed by atoms with Crippen molar-refractivity contribution in [1.29, 1.82) is 0 Å². The Labute approximate surface area is 183 Å². The number of halogens is 1. The highest BCUT2D eigenvalue weighted by Gasteiger charge is 2.41. The van der Waals surface area contributed by atoms with E-state index in [9.17, 15) is 14.4 Å². The van der Waals surface area contributed by atoms with Crippen LogP contribution in [0.4, 0.5) is 10.5 Å². The number of anilines is 1. The standard InChI is InChI=1S/C22H23IN2O4/c1-14(2)17-12-16(23)8-9-18(17)24-21(27)19-10-11-20(26)25(19)22(28)29-13-15-6-4-3-5-7-15/h3-9,12,14,19H,10-11,13H2,1-2H3,(H,24,27)/t19-/m1/s1. The van der Waals surface area contributed by atoms with E-state index in [-0.39, 0.29) is 31.3 Å². The minimum atomic E-state index is -0.870. The minimum absolute atomic E-state index is 0.0480. The first-order valence-corrected chi connectivity index (χ1v) is 10.6. The summed E-state index contributed by atoms with van der Waals surface area (Å²) in [6, 6.07) is 14.1. The van der Waals surface area contributed by atoms with Crippen molar-refractivity contribution >= 4 is 46.2 Å². The predicted molar refractivity (Wildman–Crippen MR) is 118 cm³/mol. The molecule has 6 nitrogen and oxygen atoms in total. The van der Waals surface area contributed by atoms with Gasteiger partial charge in [-0.1, -0.05) is 44.2 Å². The van der Waals surface area contributed by atoms with Gasteiger partial charge < -0.3 is 10.1 Å². The van der Waals surface area contributed by atoms with Crippen LogP contribution in [0.5, 0.6) is 0 Å². The second kappa shape index (κ2) is 9.39. The van der Waals surface area contributed by atoms with Gasteiger partial charge in [-0.05, 0) is 64.3 Å². The van der Waals surface area contributed by atoms with Crippen LogP contribution in [0.15, 0.2) is 48.5 Å². The van der Waals surface area contributed by atoms with Crippen LogP contribution in [0.2, 0.25) is 0 Å². The number of hydrogen-bond acceptors (Lipinski definition) is 4. The third-order valence-corrected chi connectivity index (χ3v) is 5.48. The number of carbonyl (C=O) groups excluding carboxylic acids is 3. The molecule has 3 amide bonds. The van der Waals surface area contributed by atoms with Crippen LogP contribution in [-0.2, 0) is 20.9 Å². The van der Waals surface area contributed by atoms with Crippen molar-refractivity contribution in [2.75, 3.05) is 5.32 Å². The van der Waals surface area contributed by atoms with E-state index in [0.29, 0.717) is 5.69 Å². The lowest BCUT2D eigenvalue weighted by atomic mass is 10.0. The monoisotopic (exact) mass is 506 g/mol. The third-order valence-electron chi connectivity index (χ3n) is 4.81. The van der Waals surface area contributed by atoms with E-state index in [2.05, 4.69) is 27.9 Å². The molecule has 0 spiro atoms. The first kappa shape index (κ1) is 21.3. The van der Waals surface area contributed by atoms with Crippen LogP contribution < -0.4 is 5.32 Å². The first-order valence-electron chi connectivity index (χ1n) is 9.50. The Morgan fingerprint density at radius 2 is 1.93 bits per heavy atom. The fraction of sp³-hybridized carbons (Fsp3) is 0.318. The van der Waals surface area contributed by atoms with Gasteiger partial charge in [0, 0.05) is 15.7 Å². The fourth-order valence-corrected chi connectivity index (χ4v) is 3.81.